The molecule has 182 valence electrons. The van der Waals surface area contributed by atoms with E-state index < -0.39 is 0 Å². The average molecular weight is 501 g/mol. The lowest BCUT2D eigenvalue weighted by atomic mass is 10.2. The number of furan rings is 1. The maximum atomic E-state index is 6.50. The van der Waals surface area contributed by atoms with Crippen LogP contribution in [0.3, 0.4) is 0 Å². The number of pyridine rings is 2. The molecule has 5 aromatic heterocycles. The monoisotopic (exact) mass is 500 g/mol. The molecule has 0 N–H and O–H groups in total. The lowest BCUT2D eigenvalue weighted by Gasteiger charge is -2.08. The van der Waals surface area contributed by atoms with Gasteiger partial charge in [0.1, 0.15) is 11.3 Å². The minimum absolute atomic E-state index is 0.718. The van der Waals surface area contributed by atoms with Gasteiger partial charge in [0.25, 0.3) is 0 Å². The highest BCUT2D eigenvalue weighted by molar-refractivity contribution is 6.12. The highest BCUT2D eigenvalue weighted by Gasteiger charge is 2.19. The van der Waals surface area contributed by atoms with Gasteiger partial charge in [-0.3, -0.25) is 9.55 Å². The molecule has 9 rings (SSSR count). The van der Waals surface area contributed by atoms with Crippen molar-refractivity contribution in [3.05, 3.63) is 122 Å². The van der Waals surface area contributed by atoms with Crippen molar-refractivity contribution in [3.63, 3.8) is 0 Å². The van der Waals surface area contributed by atoms with E-state index in [1.54, 1.807) is 0 Å². The number of hydrogen-bond acceptors (Lipinski definition) is 3. The molecule has 0 saturated carbocycles. The van der Waals surface area contributed by atoms with Crippen LogP contribution in [0.15, 0.2) is 126 Å². The Morgan fingerprint density at radius 2 is 1.03 bits per heavy atom. The Morgan fingerprint density at radius 1 is 0.513 bits per heavy atom. The molecule has 0 spiro atoms. The quantitative estimate of drug-likeness (QED) is 0.239. The number of benzene rings is 4. The van der Waals surface area contributed by atoms with Crippen molar-refractivity contribution in [3.8, 4) is 11.5 Å². The van der Waals surface area contributed by atoms with Crippen LogP contribution in [0, 0.1) is 0 Å². The van der Waals surface area contributed by atoms with Gasteiger partial charge in [0.15, 0.2) is 11.2 Å². The SMILES string of the molecule is c1ccc2c(c1)c1ccccc1n2-c1cc2c(cn1)oc1c(-n3c4ccccc4c4ccccc43)ccnc12. The fourth-order valence-electron chi connectivity index (χ4n) is 6.19. The Morgan fingerprint density at radius 3 is 1.59 bits per heavy atom. The first-order valence-corrected chi connectivity index (χ1v) is 13.0. The van der Waals surface area contributed by atoms with Gasteiger partial charge >= 0.3 is 0 Å². The summed E-state index contributed by atoms with van der Waals surface area (Å²) >= 11 is 0. The summed E-state index contributed by atoms with van der Waals surface area (Å²) in [7, 11) is 0. The fourth-order valence-corrected chi connectivity index (χ4v) is 6.19. The lowest BCUT2D eigenvalue weighted by Crippen LogP contribution is -1.96. The Hall–Kier alpha value is -5.42. The number of nitrogens with zero attached hydrogens (tertiary/aromatic N) is 4. The van der Waals surface area contributed by atoms with Crippen molar-refractivity contribution in [1.29, 1.82) is 0 Å². The third kappa shape index (κ3) is 2.73. The molecule has 0 bridgehead atoms. The van der Waals surface area contributed by atoms with Crippen molar-refractivity contribution in [2.75, 3.05) is 0 Å². The van der Waals surface area contributed by atoms with Gasteiger partial charge in [0.2, 0.25) is 0 Å². The number of rotatable bonds is 2. The first-order valence-electron chi connectivity index (χ1n) is 13.0. The minimum Gasteiger partial charge on any atom is -0.450 e. The van der Waals surface area contributed by atoms with E-state index in [1.807, 2.05) is 18.5 Å². The second-order valence-corrected chi connectivity index (χ2v) is 9.89. The third-order valence-corrected chi connectivity index (χ3v) is 7.83. The maximum Gasteiger partial charge on any atom is 0.177 e. The van der Waals surface area contributed by atoms with E-state index in [1.165, 1.54) is 21.5 Å². The molecule has 39 heavy (non-hydrogen) atoms. The summed E-state index contributed by atoms with van der Waals surface area (Å²) in [6, 6.07) is 38.1. The number of hydrogen-bond donors (Lipinski definition) is 0. The molecule has 0 aliphatic heterocycles. The Kier molecular flexibility index (Phi) is 3.99. The molecule has 0 aliphatic rings. The smallest absolute Gasteiger partial charge is 0.177 e. The van der Waals surface area contributed by atoms with Crippen LogP contribution >= 0.6 is 0 Å². The van der Waals surface area contributed by atoms with Gasteiger partial charge in [-0.2, -0.15) is 0 Å². The Bertz CT molecular complexity index is 2300. The van der Waals surface area contributed by atoms with Crippen molar-refractivity contribution in [2.24, 2.45) is 0 Å². The Labute approximate surface area is 222 Å². The van der Waals surface area contributed by atoms with E-state index in [2.05, 4.69) is 112 Å². The first-order chi connectivity index (χ1) is 19.4. The fraction of sp³-hybridized carbons (Fsp3) is 0. The molecule has 0 radical (unpaired) electrons. The second-order valence-electron chi connectivity index (χ2n) is 9.89. The first kappa shape index (κ1) is 20.6. The van der Waals surface area contributed by atoms with Crippen LogP contribution < -0.4 is 0 Å². The van der Waals surface area contributed by atoms with Crippen LogP contribution in [0.5, 0.6) is 0 Å². The summed E-state index contributed by atoms with van der Waals surface area (Å²) in [6.07, 6.45) is 3.70. The van der Waals surface area contributed by atoms with Crippen LogP contribution in [0.2, 0.25) is 0 Å². The van der Waals surface area contributed by atoms with Crippen molar-refractivity contribution in [1.82, 2.24) is 19.1 Å². The summed E-state index contributed by atoms with van der Waals surface area (Å²) in [6.45, 7) is 0. The normalized spacial score (nSPS) is 12.1. The zero-order valence-electron chi connectivity index (χ0n) is 20.7. The maximum absolute atomic E-state index is 6.50. The van der Waals surface area contributed by atoms with Gasteiger partial charge in [-0.25, -0.2) is 4.98 Å². The standard InChI is InChI=1S/C34H20N4O/c1-5-13-26-21(9-1)22-10-2-6-14-27(22)37(26)30-17-18-35-33-25-19-32(36-20-31(25)39-34(30)33)38-28-15-7-3-11-23(28)24-12-4-8-16-29(24)38/h1-20H. The molecule has 5 nitrogen and oxygen atoms in total. The summed E-state index contributed by atoms with van der Waals surface area (Å²) in [4.78, 5) is 9.67. The topological polar surface area (TPSA) is 48.8 Å². The molecule has 0 fully saturated rings. The van der Waals surface area contributed by atoms with Gasteiger partial charge in [0.05, 0.1) is 39.3 Å². The van der Waals surface area contributed by atoms with E-state index in [9.17, 15) is 0 Å². The minimum atomic E-state index is 0.718. The molecule has 0 amide bonds. The second kappa shape index (κ2) is 7.55. The van der Waals surface area contributed by atoms with Crippen molar-refractivity contribution in [2.45, 2.75) is 0 Å². The predicted molar refractivity (Wildman–Crippen MR) is 158 cm³/mol. The Balaban J connectivity index is 1.34. The molecule has 0 atom stereocenters. The number of fused-ring (bicyclic) bond motifs is 9. The van der Waals surface area contributed by atoms with Crippen LogP contribution in [0.25, 0.3) is 77.2 Å². The molecule has 9 aromatic rings. The van der Waals surface area contributed by atoms with E-state index in [4.69, 9.17) is 14.4 Å². The van der Waals surface area contributed by atoms with Gasteiger partial charge in [0, 0.05) is 27.7 Å². The number of para-hydroxylation sites is 4. The average Bonchev–Trinajstić information content (AvgIpc) is 3.65. The van der Waals surface area contributed by atoms with E-state index in [0.29, 0.717) is 0 Å². The molecule has 4 aromatic carbocycles. The summed E-state index contributed by atoms with van der Waals surface area (Å²) in [5.74, 6) is 0.840. The van der Waals surface area contributed by atoms with Crippen LogP contribution in [0.4, 0.5) is 0 Å². The molecular weight excluding hydrogens is 480 g/mol. The van der Waals surface area contributed by atoms with Crippen LogP contribution in [-0.2, 0) is 0 Å². The molecule has 0 unspecified atom stereocenters. The summed E-state index contributed by atoms with van der Waals surface area (Å²) in [5.41, 5.74) is 7.78. The molecule has 0 aliphatic carbocycles. The predicted octanol–water partition coefficient (Wildman–Crippen LogP) is 8.57. The van der Waals surface area contributed by atoms with Crippen LogP contribution in [0.1, 0.15) is 0 Å². The van der Waals surface area contributed by atoms with E-state index >= 15 is 0 Å². The van der Waals surface area contributed by atoms with E-state index in [-0.39, 0.29) is 0 Å². The summed E-state index contributed by atoms with van der Waals surface area (Å²) < 4.78 is 11.0. The highest BCUT2D eigenvalue weighted by atomic mass is 16.3. The van der Waals surface area contributed by atoms with E-state index in [0.717, 1.165) is 55.6 Å². The third-order valence-electron chi connectivity index (χ3n) is 7.83. The molecule has 5 heterocycles. The number of aromatic nitrogens is 4. The molecule has 5 heteroatoms. The van der Waals surface area contributed by atoms with Crippen LogP contribution in [-0.4, -0.2) is 19.1 Å². The van der Waals surface area contributed by atoms with Gasteiger partial charge < -0.3 is 8.98 Å². The summed E-state index contributed by atoms with van der Waals surface area (Å²) in [5, 5.41) is 5.78. The lowest BCUT2D eigenvalue weighted by molar-refractivity contribution is 0.663. The van der Waals surface area contributed by atoms with Gasteiger partial charge in [-0.05, 0) is 36.4 Å². The highest BCUT2D eigenvalue weighted by Crippen LogP contribution is 2.38. The zero-order valence-corrected chi connectivity index (χ0v) is 20.7. The largest absolute Gasteiger partial charge is 0.450 e. The van der Waals surface area contributed by atoms with Gasteiger partial charge in [-0.1, -0.05) is 72.8 Å². The molecule has 0 saturated heterocycles. The van der Waals surface area contributed by atoms with Gasteiger partial charge in [-0.15, -0.1) is 0 Å². The van der Waals surface area contributed by atoms with Crippen molar-refractivity contribution >= 4 is 65.7 Å². The van der Waals surface area contributed by atoms with Crippen molar-refractivity contribution < 1.29 is 4.42 Å². The zero-order chi connectivity index (χ0) is 25.5. The molecular formula is C34H20N4O.